The van der Waals surface area contributed by atoms with Crippen LogP contribution >= 0.6 is 0 Å². The van der Waals surface area contributed by atoms with Crippen molar-refractivity contribution in [2.45, 2.75) is 131 Å². The van der Waals surface area contributed by atoms with Crippen LogP contribution in [0.25, 0.3) is 0 Å². The van der Waals surface area contributed by atoms with E-state index < -0.39 is 0 Å². The summed E-state index contributed by atoms with van der Waals surface area (Å²) < 4.78 is 0. The van der Waals surface area contributed by atoms with Crippen molar-refractivity contribution in [1.82, 2.24) is 0 Å². The number of rotatable bonds is 1. The average molecular weight is 363 g/mol. The predicted octanol–water partition coefficient (Wildman–Crippen LogP) is 10.4. The second-order valence-electron chi connectivity index (χ2n) is 7.06. The van der Waals surface area contributed by atoms with E-state index in [-0.39, 0.29) is 37.1 Å². The first-order valence-electron chi connectivity index (χ1n) is 9.58. The van der Waals surface area contributed by atoms with Crippen LogP contribution in [0.2, 0.25) is 0 Å². The van der Waals surface area contributed by atoms with Crippen molar-refractivity contribution in [2.75, 3.05) is 0 Å². The Balaban J connectivity index is -0.0000000939. The first-order chi connectivity index (χ1) is 9.58. The minimum Gasteiger partial charge on any atom is -0.0776 e. The van der Waals surface area contributed by atoms with Crippen molar-refractivity contribution in [3.63, 3.8) is 0 Å². The van der Waals surface area contributed by atoms with Crippen molar-refractivity contribution in [2.24, 2.45) is 35.5 Å². The molecule has 2 fully saturated rings. The van der Waals surface area contributed by atoms with Crippen LogP contribution in [0, 0.1) is 35.5 Å². The monoisotopic (exact) mass is 362 g/mol. The largest absolute Gasteiger partial charge is 0.0776 e. The highest BCUT2D eigenvalue weighted by molar-refractivity contribution is 4.84. The SMILES string of the molecule is C.C.C.C.C.CC.CC.CC1CCC(C2CCC(C)C(C)C2)CC1C. The van der Waals surface area contributed by atoms with Gasteiger partial charge < -0.3 is 0 Å². The van der Waals surface area contributed by atoms with E-state index in [0.29, 0.717) is 0 Å². The van der Waals surface area contributed by atoms with Crippen LogP contribution in [-0.4, -0.2) is 0 Å². The molecule has 0 aromatic heterocycles. The highest BCUT2D eigenvalue weighted by Crippen LogP contribution is 2.44. The third-order valence-corrected chi connectivity index (χ3v) is 5.94. The fourth-order valence-electron chi connectivity index (χ4n) is 4.03. The lowest BCUT2D eigenvalue weighted by molar-refractivity contribution is 0.0956. The normalized spacial score (nSPS) is 32.6. The zero-order valence-corrected chi connectivity index (χ0v) is 15.7. The first-order valence-corrected chi connectivity index (χ1v) is 9.58. The molecule has 0 amide bonds. The molecule has 0 aromatic carbocycles. The van der Waals surface area contributed by atoms with Gasteiger partial charge in [0.2, 0.25) is 0 Å². The van der Waals surface area contributed by atoms with Gasteiger partial charge in [0.15, 0.2) is 0 Å². The fourth-order valence-corrected chi connectivity index (χ4v) is 4.03. The lowest BCUT2D eigenvalue weighted by Gasteiger charge is -2.41. The Hall–Kier alpha value is 0. The van der Waals surface area contributed by atoms with Gasteiger partial charge in [0.25, 0.3) is 0 Å². The molecule has 162 valence electrons. The molecule has 0 N–H and O–H groups in total. The maximum absolute atomic E-state index is 2.48. The van der Waals surface area contributed by atoms with Gasteiger partial charge in [0, 0.05) is 0 Å². The second kappa shape index (κ2) is 22.0. The van der Waals surface area contributed by atoms with E-state index in [2.05, 4.69) is 27.7 Å². The van der Waals surface area contributed by atoms with Crippen molar-refractivity contribution in [3.05, 3.63) is 0 Å². The average Bonchev–Trinajstić information content (AvgIpc) is 2.49. The molecular formula is C25H62. The Labute approximate surface area is 167 Å². The Kier molecular flexibility index (Phi) is 35.2. The van der Waals surface area contributed by atoms with E-state index in [1.54, 1.807) is 0 Å². The van der Waals surface area contributed by atoms with Crippen LogP contribution in [0.15, 0.2) is 0 Å². The molecule has 2 rings (SSSR count). The molecule has 6 atom stereocenters. The van der Waals surface area contributed by atoms with Gasteiger partial charge in [-0.15, -0.1) is 0 Å². The van der Waals surface area contributed by atoms with Crippen LogP contribution in [0.1, 0.15) is 131 Å². The van der Waals surface area contributed by atoms with E-state index in [4.69, 9.17) is 0 Å². The highest BCUT2D eigenvalue weighted by atomic mass is 14.4. The van der Waals surface area contributed by atoms with Gasteiger partial charge in [-0.2, -0.15) is 0 Å². The molecule has 2 aliphatic carbocycles. The lowest BCUT2D eigenvalue weighted by atomic mass is 9.64. The molecule has 0 aromatic rings. The third kappa shape index (κ3) is 12.9. The zero-order valence-electron chi connectivity index (χ0n) is 15.7. The molecule has 25 heavy (non-hydrogen) atoms. The molecule has 0 heteroatoms. The molecule has 0 radical (unpaired) electrons. The Morgan fingerprint density at radius 2 is 0.640 bits per heavy atom. The maximum Gasteiger partial charge on any atom is -0.0383 e. The fraction of sp³-hybridized carbons (Fsp3) is 1.00. The minimum atomic E-state index is 0. The molecule has 0 spiro atoms. The van der Waals surface area contributed by atoms with Gasteiger partial charge in [0.1, 0.15) is 0 Å². The smallest absolute Gasteiger partial charge is 0.0383 e. The predicted molar refractivity (Wildman–Crippen MR) is 128 cm³/mol. The van der Waals surface area contributed by atoms with Crippen molar-refractivity contribution in [1.29, 1.82) is 0 Å². The van der Waals surface area contributed by atoms with Crippen LogP contribution in [0.3, 0.4) is 0 Å². The van der Waals surface area contributed by atoms with Crippen molar-refractivity contribution >= 4 is 0 Å². The van der Waals surface area contributed by atoms with Gasteiger partial charge in [-0.3, -0.25) is 0 Å². The molecule has 0 bridgehead atoms. The lowest BCUT2D eigenvalue weighted by Crippen LogP contribution is -2.31. The van der Waals surface area contributed by atoms with E-state index >= 15 is 0 Å². The third-order valence-electron chi connectivity index (χ3n) is 5.94. The van der Waals surface area contributed by atoms with Crippen LogP contribution < -0.4 is 0 Å². The summed E-state index contributed by atoms with van der Waals surface area (Å²) in [4.78, 5) is 0. The molecule has 6 unspecified atom stereocenters. The van der Waals surface area contributed by atoms with Crippen LogP contribution in [0.4, 0.5) is 0 Å². The minimum absolute atomic E-state index is 0. The summed E-state index contributed by atoms with van der Waals surface area (Å²) >= 11 is 0. The van der Waals surface area contributed by atoms with E-state index in [1.807, 2.05) is 27.7 Å². The van der Waals surface area contributed by atoms with Crippen molar-refractivity contribution in [3.8, 4) is 0 Å². The Morgan fingerprint density at radius 1 is 0.400 bits per heavy atom. The van der Waals surface area contributed by atoms with Crippen LogP contribution in [0.5, 0.6) is 0 Å². The van der Waals surface area contributed by atoms with Gasteiger partial charge >= 0.3 is 0 Å². The summed E-state index contributed by atoms with van der Waals surface area (Å²) in [7, 11) is 0. The molecule has 2 saturated carbocycles. The molecular weight excluding hydrogens is 300 g/mol. The van der Waals surface area contributed by atoms with Gasteiger partial charge in [-0.25, -0.2) is 0 Å². The number of hydrogen-bond donors (Lipinski definition) is 0. The first kappa shape index (κ1) is 39.9. The van der Waals surface area contributed by atoms with Gasteiger partial charge in [0.05, 0.1) is 0 Å². The second-order valence-corrected chi connectivity index (χ2v) is 7.06. The van der Waals surface area contributed by atoms with Gasteiger partial charge in [-0.1, -0.05) is 105 Å². The standard InChI is InChI=1S/C16H30.2C2H6.5CH4/c1-11-5-7-15(9-13(11)3)16-8-6-12(2)14(4)10-16;2*1-2;;;;;/h11-16H,5-10H2,1-4H3;2*1-2H3;5*1H4. The summed E-state index contributed by atoms with van der Waals surface area (Å²) in [5, 5.41) is 0. The summed E-state index contributed by atoms with van der Waals surface area (Å²) in [6.07, 6.45) is 9.08. The summed E-state index contributed by atoms with van der Waals surface area (Å²) in [6.45, 7) is 17.9. The Morgan fingerprint density at radius 3 is 0.840 bits per heavy atom. The Bertz CT molecular complexity index is 196. The van der Waals surface area contributed by atoms with E-state index in [1.165, 1.54) is 38.5 Å². The quantitative estimate of drug-likeness (QED) is 0.435. The zero-order chi connectivity index (χ0) is 15.7. The molecule has 0 heterocycles. The highest BCUT2D eigenvalue weighted by Gasteiger charge is 2.33. The van der Waals surface area contributed by atoms with E-state index in [9.17, 15) is 0 Å². The topological polar surface area (TPSA) is 0 Å². The number of hydrogen-bond acceptors (Lipinski definition) is 0. The molecule has 0 nitrogen and oxygen atoms in total. The van der Waals surface area contributed by atoms with Gasteiger partial charge in [-0.05, 0) is 61.2 Å². The van der Waals surface area contributed by atoms with E-state index in [0.717, 1.165) is 35.5 Å². The molecule has 0 aliphatic heterocycles. The maximum atomic E-state index is 2.48. The molecule has 0 saturated heterocycles. The van der Waals surface area contributed by atoms with Crippen LogP contribution in [-0.2, 0) is 0 Å². The van der Waals surface area contributed by atoms with Crippen molar-refractivity contribution < 1.29 is 0 Å². The molecule has 2 aliphatic rings. The summed E-state index contributed by atoms with van der Waals surface area (Å²) in [5.41, 5.74) is 0. The summed E-state index contributed by atoms with van der Waals surface area (Å²) in [5.74, 6) is 6.07. The summed E-state index contributed by atoms with van der Waals surface area (Å²) in [6, 6.07) is 0.